The number of nitrogens with zero attached hydrogens (tertiary/aromatic N) is 1. The van der Waals surface area contributed by atoms with E-state index < -0.39 is 95.7 Å². The first kappa shape index (κ1) is 69.7. The number of nitrogens with two attached hydrogens (primary N) is 10. The summed E-state index contributed by atoms with van der Waals surface area (Å²) >= 11 is 0. The Hall–Kier alpha value is -5.29. The third kappa shape index (κ3) is 32.7. The van der Waals surface area contributed by atoms with Crippen LogP contribution in [-0.4, -0.2) is 159 Å². The molecule has 8 atom stereocenters. The molecule has 0 aromatic rings. The summed E-state index contributed by atoms with van der Waals surface area (Å²) in [7, 11) is 0. The predicted molar refractivity (Wildman–Crippen MR) is 289 cm³/mol. The van der Waals surface area contributed by atoms with Gasteiger partial charge in [-0.3, -0.25) is 38.6 Å². The molecular formula is C48H98N18O9. The van der Waals surface area contributed by atoms with E-state index in [0.717, 1.165) is 0 Å². The number of rotatable bonds is 47. The van der Waals surface area contributed by atoms with Crippen molar-refractivity contribution in [2.45, 2.75) is 196 Å². The van der Waals surface area contributed by atoms with Gasteiger partial charge in [-0.2, -0.15) is 0 Å². The molecule has 0 unspecified atom stereocenters. The zero-order chi connectivity index (χ0) is 56.4. The quantitative estimate of drug-likeness (QED) is 0.0156. The molecule has 0 rings (SSSR count). The van der Waals surface area contributed by atoms with Gasteiger partial charge in [-0.15, -0.1) is 0 Å². The van der Waals surface area contributed by atoms with E-state index in [4.69, 9.17) is 57.3 Å². The number of amides is 7. The first-order valence-corrected chi connectivity index (χ1v) is 27.0. The van der Waals surface area contributed by atoms with Gasteiger partial charge in [0.2, 0.25) is 41.4 Å². The van der Waals surface area contributed by atoms with Gasteiger partial charge in [0.15, 0.2) is 5.96 Å². The van der Waals surface area contributed by atoms with Crippen molar-refractivity contribution in [2.24, 2.45) is 62.3 Å². The smallest absolute Gasteiger partial charge is 0.326 e. The summed E-state index contributed by atoms with van der Waals surface area (Å²) in [6.07, 6.45) is 8.11. The Balaban J connectivity index is 6.86. The number of guanidine groups is 1. The highest BCUT2D eigenvalue weighted by Gasteiger charge is 2.34. The lowest BCUT2D eigenvalue weighted by Gasteiger charge is -2.28. The van der Waals surface area contributed by atoms with Crippen LogP contribution in [0.4, 0.5) is 0 Å². The van der Waals surface area contributed by atoms with Crippen molar-refractivity contribution in [3.05, 3.63) is 0 Å². The van der Waals surface area contributed by atoms with E-state index >= 15 is 0 Å². The van der Waals surface area contributed by atoms with Crippen LogP contribution in [0, 0.1) is 0 Å². The average molecular weight is 1070 g/mol. The van der Waals surface area contributed by atoms with Gasteiger partial charge >= 0.3 is 5.97 Å². The second-order valence-corrected chi connectivity index (χ2v) is 18.8. The van der Waals surface area contributed by atoms with Gasteiger partial charge in [0, 0.05) is 6.54 Å². The summed E-state index contributed by atoms with van der Waals surface area (Å²) in [5.41, 5.74) is 57.2. The fraction of sp³-hybridized carbons (Fsp3) is 0.812. The van der Waals surface area contributed by atoms with E-state index in [1.54, 1.807) is 0 Å². The molecule has 28 N–H and O–H groups in total. The van der Waals surface area contributed by atoms with E-state index in [1.165, 1.54) is 0 Å². The lowest BCUT2D eigenvalue weighted by Crippen LogP contribution is -2.60. The third-order valence-electron chi connectivity index (χ3n) is 12.3. The molecule has 0 aromatic carbocycles. The number of aliphatic imine (C=N–C) groups is 1. The number of carboxylic acids is 1. The van der Waals surface area contributed by atoms with E-state index in [-0.39, 0.29) is 77.0 Å². The summed E-state index contributed by atoms with van der Waals surface area (Å²) in [6.45, 7) is 2.39. The number of carbonyl (C=O) groups is 8. The molecule has 0 saturated carbocycles. The van der Waals surface area contributed by atoms with Gasteiger partial charge in [0.1, 0.15) is 42.3 Å². The molecule has 0 aromatic heterocycles. The van der Waals surface area contributed by atoms with Gasteiger partial charge < -0.3 is 99.7 Å². The molecule has 0 aliphatic carbocycles. The summed E-state index contributed by atoms with van der Waals surface area (Å²) in [5, 5.41) is 28.8. The molecule has 0 saturated heterocycles. The zero-order valence-corrected chi connectivity index (χ0v) is 44.5. The largest absolute Gasteiger partial charge is 0.480 e. The molecule has 27 nitrogen and oxygen atoms in total. The van der Waals surface area contributed by atoms with Crippen molar-refractivity contribution in [1.29, 1.82) is 0 Å². The summed E-state index contributed by atoms with van der Waals surface area (Å²) < 4.78 is 0. The second-order valence-electron chi connectivity index (χ2n) is 18.8. The van der Waals surface area contributed by atoms with Gasteiger partial charge in [0.05, 0.1) is 6.04 Å². The summed E-state index contributed by atoms with van der Waals surface area (Å²) in [4.78, 5) is 114. The number of hydrogen-bond acceptors (Lipinski definition) is 17. The number of nitrogens with one attached hydrogen (secondary N) is 7. The SMILES string of the molecule is NCCCC[C@H](NC(=O)[C@H](CCCCN)NC(=O)[C@H](CCCCN)NC(=O)[C@H](CCCCN)NC(=O)[C@H](CCCCN)NC(=O)[C@H](CCCN=C(N)N)NC(=O)[C@H](CCCCN)NC(=O)[C@@H](N)CCCCN)C(=O)O. The Morgan fingerprint density at radius 2 is 0.533 bits per heavy atom. The maximum atomic E-state index is 14.4. The standard InChI is InChI=1S/C48H98N18O9/c49-24-8-1-16-32(56)40(67)60-33(17-2-9-25-50)41(68)65-38(23-15-31-59-48(57)58)45(72)63-36(20-5-12-28-53)43(70)61-34(18-3-10-26-51)42(69)62-35(19-4-11-27-52)44(71)64-37(21-6-13-29-54)46(73)66-39(47(74)75)22-7-14-30-55/h32-39H,1-31,49-56H2,(H,60,67)(H,61,70)(H,62,69)(H,63,72)(H,64,71)(H,65,68)(H,66,73)(H,74,75)(H4,57,58,59)/t32-,33-,34-,35-,36-,37-,38-,39-/m0/s1. The van der Waals surface area contributed by atoms with E-state index in [2.05, 4.69) is 42.2 Å². The molecule has 75 heavy (non-hydrogen) atoms. The van der Waals surface area contributed by atoms with Crippen molar-refractivity contribution >= 4 is 53.3 Å². The Kier molecular flexibility index (Phi) is 40.8. The number of carbonyl (C=O) groups excluding carboxylic acids is 7. The topological polar surface area (TPSA) is 514 Å². The molecule has 0 aliphatic heterocycles. The minimum absolute atomic E-state index is 0.00968. The Labute approximate surface area is 443 Å². The Morgan fingerprint density at radius 1 is 0.320 bits per heavy atom. The van der Waals surface area contributed by atoms with Gasteiger partial charge in [-0.25, -0.2) is 4.79 Å². The van der Waals surface area contributed by atoms with Crippen LogP contribution in [0.15, 0.2) is 4.99 Å². The van der Waals surface area contributed by atoms with Crippen LogP contribution >= 0.6 is 0 Å². The highest BCUT2D eigenvalue weighted by atomic mass is 16.4. The molecule has 0 bridgehead atoms. The first-order chi connectivity index (χ1) is 35.9. The minimum atomic E-state index is -1.26. The molecule has 7 amide bonds. The number of unbranched alkanes of at least 4 members (excludes halogenated alkanes) is 7. The number of aliphatic carboxylic acids is 1. The molecule has 0 radical (unpaired) electrons. The minimum Gasteiger partial charge on any atom is -0.480 e. The van der Waals surface area contributed by atoms with Crippen molar-refractivity contribution in [2.75, 3.05) is 52.4 Å². The van der Waals surface area contributed by atoms with Gasteiger partial charge in [0.25, 0.3) is 0 Å². The lowest BCUT2D eigenvalue weighted by molar-refractivity contribution is -0.142. The zero-order valence-electron chi connectivity index (χ0n) is 44.5. The fourth-order valence-electron chi connectivity index (χ4n) is 7.88. The van der Waals surface area contributed by atoms with Crippen LogP contribution in [0.2, 0.25) is 0 Å². The Bertz CT molecular complexity index is 1680. The number of hydrogen-bond donors (Lipinski definition) is 18. The third-order valence-corrected chi connectivity index (χ3v) is 12.3. The Morgan fingerprint density at radius 3 is 0.773 bits per heavy atom. The second kappa shape index (κ2) is 43.9. The van der Waals surface area contributed by atoms with Crippen LogP contribution in [0.3, 0.4) is 0 Å². The van der Waals surface area contributed by atoms with Gasteiger partial charge in [-0.1, -0.05) is 6.42 Å². The predicted octanol–water partition coefficient (Wildman–Crippen LogP) is -4.25. The molecule has 0 aliphatic rings. The van der Waals surface area contributed by atoms with Crippen molar-refractivity contribution in [3.8, 4) is 0 Å². The fourth-order valence-corrected chi connectivity index (χ4v) is 7.88. The van der Waals surface area contributed by atoms with Crippen LogP contribution in [-0.2, 0) is 38.4 Å². The van der Waals surface area contributed by atoms with Crippen molar-refractivity contribution < 1.29 is 43.5 Å². The molecule has 27 heteroatoms. The van der Waals surface area contributed by atoms with Crippen molar-refractivity contribution in [1.82, 2.24) is 37.2 Å². The molecule has 0 heterocycles. The highest BCUT2D eigenvalue weighted by Crippen LogP contribution is 2.12. The van der Waals surface area contributed by atoms with Gasteiger partial charge in [-0.05, 0) is 187 Å². The lowest BCUT2D eigenvalue weighted by atomic mass is 10.0. The summed E-state index contributed by atoms with van der Waals surface area (Å²) in [6, 6.07) is -9.38. The molecular weight excluding hydrogens is 973 g/mol. The molecule has 0 spiro atoms. The van der Waals surface area contributed by atoms with Crippen molar-refractivity contribution in [3.63, 3.8) is 0 Å². The monoisotopic (exact) mass is 1070 g/mol. The first-order valence-electron chi connectivity index (χ1n) is 27.0. The van der Waals surface area contributed by atoms with E-state index in [9.17, 15) is 43.5 Å². The summed E-state index contributed by atoms with van der Waals surface area (Å²) in [5.74, 6) is -6.31. The number of carboxylic acid groups (broad SMARTS) is 1. The molecule has 0 fully saturated rings. The highest BCUT2D eigenvalue weighted by molar-refractivity contribution is 5.97. The average Bonchev–Trinajstić information content (AvgIpc) is 3.37. The maximum Gasteiger partial charge on any atom is 0.326 e. The van der Waals surface area contributed by atoms with E-state index in [0.29, 0.717) is 129 Å². The van der Waals surface area contributed by atoms with Crippen LogP contribution in [0.1, 0.15) is 148 Å². The van der Waals surface area contributed by atoms with E-state index in [1.807, 2.05) is 0 Å². The van der Waals surface area contributed by atoms with Crippen LogP contribution in [0.25, 0.3) is 0 Å². The van der Waals surface area contributed by atoms with Crippen LogP contribution in [0.5, 0.6) is 0 Å². The maximum absolute atomic E-state index is 14.4. The normalized spacial score (nSPS) is 14.3. The molecule has 434 valence electrons. The van der Waals surface area contributed by atoms with Crippen LogP contribution < -0.4 is 94.6 Å².